The second kappa shape index (κ2) is 7.75. The molecule has 0 heterocycles. The lowest BCUT2D eigenvalue weighted by Crippen LogP contribution is -2.25. The fraction of sp³-hybridized carbons (Fsp3) is 0.833. The van der Waals surface area contributed by atoms with Crippen molar-refractivity contribution in [2.24, 2.45) is 10.2 Å². The van der Waals surface area contributed by atoms with Gasteiger partial charge in [-0.1, -0.05) is 0 Å². The fourth-order valence-electron chi connectivity index (χ4n) is 1.08. The number of azo groups is 1. The van der Waals surface area contributed by atoms with Gasteiger partial charge in [0.1, 0.15) is 0 Å². The van der Waals surface area contributed by atoms with Crippen LogP contribution >= 0.6 is 0 Å². The molecule has 0 bridgehead atoms. The molecule has 2 atom stereocenters. The molecule has 0 saturated carbocycles. The Bertz CT molecular complexity index is 324. The molecular weight excluding hydrogens is 232 g/mol. The van der Waals surface area contributed by atoms with E-state index in [1.54, 1.807) is 28.1 Å². The van der Waals surface area contributed by atoms with Gasteiger partial charge in [-0.2, -0.15) is 20.8 Å². The highest BCUT2D eigenvalue weighted by molar-refractivity contribution is 5.07. The molecule has 0 aliphatic rings. The van der Waals surface area contributed by atoms with E-state index in [0.29, 0.717) is 26.1 Å². The van der Waals surface area contributed by atoms with Gasteiger partial charge in [0, 0.05) is 40.3 Å². The maximum Gasteiger partial charge on any atom is 0.166 e. The van der Waals surface area contributed by atoms with Crippen LogP contribution in [0.3, 0.4) is 0 Å². The van der Waals surface area contributed by atoms with Gasteiger partial charge in [-0.3, -0.25) is 0 Å². The highest BCUT2D eigenvalue weighted by Gasteiger charge is 2.27. The van der Waals surface area contributed by atoms with Crippen molar-refractivity contribution in [2.75, 3.05) is 27.4 Å². The number of ether oxygens (including phenoxy) is 2. The lowest BCUT2D eigenvalue weighted by atomic mass is 10.0. The number of hydrogen-bond donors (Lipinski definition) is 0. The molecular formula is C12H20N4O2. The summed E-state index contributed by atoms with van der Waals surface area (Å²) in [5, 5.41) is 26.2. The van der Waals surface area contributed by atoms with Crippen molar-refractivity contribution < 1.29 is 9.47 Å². The zero-order valence-corrected chi connectivity index (χ0v) is 11.4. The number of methoxy groups -OCH3 is 2. The Morgan fingerprint density at radius 2 is 1.22 bits per heavy atom. The Balaban J connectivity index is 4.75. The quantitative estimate of drug-likeness (QED) is 0.618. The molecule has 0 N–H and O–H groups in total. The van der Waals surface area contributed by atoms with Crippen LogP contribution in [0.4, 0.5) is 0 Å². The molecule has 0 aromatic rings. The lowest BCUT2D eigenvalue weighted by Gasteiger charge is -2.19. The summed E-state index contributed by atoms with van der Waals surface area (Å²) in [4.78, 5) is 0. The van der Waals surface area contributed by atoms with Crippen molar-refractivity contribution in [1.82, 2.24) is 0 Å². The van der Waals surface area contributed by atoms with E-state index in [9.17, 15) is 0 Å². The Morgan fingerprint density at radius 3 is 1.44 bits per heavy atom. The summed E-state index contributed by atoms with van der Waals surface area (Å²) in [5.74, 6) is 0. The molecule has 0 saturated heterocycles. The monoisotopic (exact) mass is 252 g/mol. The molecule has 0 aliphatic carbocycles. The van der Waals surface area contributed by atoms with Crippen molar-refractivity contribution in [2.45, 2.75) is 37.8 Å². The zero-order valence-electron chi connectivity index (χ0n) is 11.4. The summed E-state index contributed by atoms with van der Waals surface area (Å²) >= 11 is 0. The van der Waals surface area contributed by atoms with Gasteiger partial charge in [0.15, 0.2) is 11.1 Å². The summed E-state index contributed by atoms with van der Waals surface area (Å²) in [6, 6.07) is 4.17. The van der Waals surface area contributed by atoms with E-state index < -0.39 is 11.1 Å². The first-order chi connectivity index (χ1) is 8.45. The van der Waals surface area contributed by atoms with Crippen molar-refractivity contribution in [3.63, 3.8) is 0 Å². The molecule has 0 spiro atoms. The van der Waals surface area contributed by atoms with Crippen LogP contribution in [0.25, 0.3) is 0 Å². The third-order valence-electron chi connectivity index (χ3n) is 2.56. The van der Waals surface area contributed by atoms with Crippen LogP contribution < -0.4 is 0 Å². The summed E-state index contributed by atoms with van der Waals surface area (Å²) in [5.41, 5.74) is -1.91. The van der Waals surface area contributed by atoms with E-state index in [-0.39, 0.29) is 0 Å². The highest BCUT2D eigenvalue weighted by atomic mass is 16.5. The number of hydrogen-bond acceptors (Lipinski definition) is 6. The van der Waals surface area contributed by atoms with Crippen molar-refractivity contribution in [3.8, 4) is 12.1 Å². The van der Waals surface area contributed by atoms with E-state index >= 15 is 0 Å². The normalized spacial score (nSPS) is 17.7. The van der Waals surface area contributed by atoms with Crippen LogP contribution in [0.15, 0.2) is 10.2 Å². The molecule has 100 valence electrons. The predicted molar refractivity (Wildman–Crippen MR) is 65.9 cm³/mol. The van der Waals surface area contributed by atoms with E-state index in [0.717, 1.165) is 0 Å². The third kappa shape index (κ3) is 5.72. The second-order valence-electron chi connectivity index (χ2n) is 4.46. The summed E-state index contributed by atoms with van der Waals surface area (Å²) in [6.45, 7) is 4.18. The number of nitriles is 2. The number of rotatable bonds is 8. The molecule has 0 fully saturated rings. The Hall–Kier alpha value is -1.50. The van der Waals surface area contributed by atoms with Gasteiger partial charge in [-0.05, 0) is 13.8 Å². The molecule has 0 aliphatic heterocycles. The lowest BCUT2D eigenvalue weighted by molar-refractivity contribution is 0.174. The Morgan fingerprint density at radius 1 is 0.889 bits per heavy atom. The molecule has 18 heavy (non-hydrogen) atoms. The van der Waals surface area contributed by atoms with Crippen molar-refractivity contribution >= 4 is 0 Å². The topological polar surface area (TPSA) is 90.8 Å². The van der Waals surface area contributed by atoms with E-state index in [1.807, 2.05) is 0 Å². The van der Waals surface area contributed by atoms with Crippen molar-refractivity contribution in [1.29, 1.82) is 10.5 Å². The predicted octanol–water partition coefficient (Wildman–Crippen LogP) is 2.08. The average Bonchev–Trinajstić information content (AvgIpc) is 2.40. The summed E-state index contributed by atoms with van der Waals surface area (Å²) < 4.78 is 9.85. The summed E-state index contributed by atoms with van der Waals surface area (Å²) in [7, 11) is 3.12. The molecule has 6 heteroatoms. The minimum atomic E-state index is -0.957. The Labute approximate surface area is 108 Å². The Kier molecular flexibility index (Phi) is 7.11. The van der Waals surface area contributed by atoms with Crippen LogP contribution in [0.2, 0.25) is 0 Å². The van der Waals surface area contributed by atoms with Crippen LogP contribution in [-0.2, 0) is 9.47 Å². The van der Waals surface area contributed by atoms with Gasteiger partial charge < -0.3 is 9.47 Å². The smallest absolute Gasteiger partial charge is 0.166 e. The largest absolute Gasteiger partial charge is 0.385 e. The molecule has 0 amide bonds. The van der Waals surface area contributed by atoms with E-state index in [1.165, 1.54) is 0 Å². The van der Waals surface area contributed by atoms with Gasteiger partial charge in [-0.25, -0.2) is 0 Å². The molecule has 2 unspecified atom stereocenters. The molecule has 0 aromatic heterocycles. The minimum Gasteiger partial charge on any atom is -0.385 e. The molecule has 0 rings (SSSR count). The van der Waals surface area contributed by atoms with Crippen LogP contribution in [0.5, 0.6) is 0 Å². The van der Waals surface area contributed by atoms with Crippen LogP contribution in [0, 0.1) is 22.7 Å². The first kappa shape index (κ1) is 16.5. The van der Waals surface area contributed by atoms with Crippen molar-refractivity contribution in [3.05, 3.63) is 0 Å². The van der Waals surface area contributed by atoms with Gasteiger partial charge in [0.2, 0.25) is 0 Å². The first-order valence-corrected chi connectivity index (χ1v) is 5.70. The van der Waals surface area contributed by atoms with E-state index in [4.69, 9.17) is 20.0 Å². The standard InChI is InChI=1S/C12H20N4O2/c1-11(9-13,5-7-17-3)15-16-12(2,10-14)6-8-18-4/h5-8H2,1-4H3. The second-order valence-corrected chi connectivity index (χ2v) is 4.46. The average molecular weight is 252 g/mol. The van der Waals surface area contributed by atoms with Gasteiger partial charge in [0.05, 0.1) is 12.1 Å². The summed E-state index contributed by atoms with van der Waals surface area (Å²) in [6.07, 6.45) is 0.880. The number of nitrogens with zero attached hydrogens (tertiary/aromatic N) is 4. The molecule has 0 aromatic carbocycles. The van der Waals surface area contributed by atoms with Crippen LogP contribution in [0.1, 0.15) is 26.7 Å². The maximum absolute atomic E-state index is 9.09. The van der Waals surface area contributed by atoms with Gasteiger partial charge in [0.25, 0.3) is 0 Å². The fourth-order valence-corrected chi connectivity index (χ4v) is 1.08. The molecule has 0 radical (unpaired) electrons. The van der Waals surface area contributed by atoms with E-state index in [2.05, 4.69) is 22.4 Å². The highest BCUT2D eigenvalue weighted by Crippen LogP contribution is 2.21. The van der Waals surface area contributed by atoms with Gasteiger partial charge >= 0.3 is 0 Å². The maximum atomic E-state index is 9.09. The SMILES string of the molecule is COCCC(C)(C#N)N=NC(C)(C#N)CCOC. The first-order valence-electron chi connectivity index (χ1n) is 5.70. The third-order valence-corrected chi connectivity index (χ3v) is 2.56. The minimum absolute atomic E-state index is 0.421. The van der Waals surface area contributed by atoms with Crippen LogP contribution in [-0.4, -0.2) is 38.5 Å². The van der Waals surface area contributed by atoms with Gasteiger partial charge in [-0.15, -0.1) is 0 Å². The molecule has 6 nitrogen and oxygen atoms in total. The zero-order chi connectivity index (χ0) is 14.1.